The minimum Gasteiger partial charge on any atom is -0.390 e. The van der Waals surface area contributed by atoms with Crippen molar-refractivity contribution in [2.24, 2.45) is 23.7 Å². The summed E-state index contributed by atoms with van der Waals surface area (Å²) in [4.78, 5) is 0. The summed E-state index contributed by atoms with van der Waals surface area (Å²) in [6, 6.07) is 22.6. The van der Waals surface area contributed by atoms with Crippen LogP contribution in [-0.2, 0) is 51.4 Å². The highest BCUT2D eigenvalue weighted by Crippen LogP contribution is 2.46. The Bertz CT molecular complexity index is 1140. The molecule has 4 aliphatic carbocycles. The van der Waals surface area contributed by atoms with E-state index in [2.05, 4.69) is 74.5 Å². The predicted molar refractivity (Wildman–Crippen MR) is 144 cm³/mol. The van der Waals surface area contributed by atoms with Crippen LogP contribution in [0.2, 0.25) is 0 Å². The van der Waals surface area contributed by atoms with Crippen molar-refractivity contribution in [2.75, 3.05) is 0 Å². The van der Waals surface area contributed by atoms with Crippen LogP contribution in [0.4, 0.5) is 0 Å². The van der Waals surface area contributed by atoms with E-state index in [1.807, 2.05) is 0 Å². The van der Waals surface area contributed by atoms with Crippen LogP contribution < -0.4 is 0 Å². The van der Waals surface area contributed by atoms with Gasteiger partial charge in [0.05, 0.1) is 11.2 Å². The lowest BCUT2D eigenvalue weighted by atomic mass is 9.75. The number of rotatable bonds is 0. The van der Waals surface area contributed by atoms with Gasteiger partial charge in [0.15, 0.2) is 0 Å². The summed E-state index contributed by atoms with van der Waals surface area (Å²) in [6.45, 7) is 4.21. The fourth-order valence-corrected chi connectivity index (χ4v) is 8.20. The molecule has 0 saturated heterocycles. The standard InChI is InChI=1S/C34H38O2/c1-33(35)29-13-21-7-3-4-8-22(21)14-30(33)18-26-12-28-20-32-16-24-10-6-5-9-23(24)15-31(34(32,2)36)19-27(28)11-25(26)17-29/h3-12,29-32,35-36H,13-20H2,1-2H3/t29-,30+,31+,32-,33?,34?. The third-order valence-corrected chi connectivity index (χ3v) is 10.8. The second kappa shape index (κ2) is 8.04. The lowest BCUT2D eigenvalue weighted by molar-refractivity contribution is -0.0477. The molecule has 0 aliphatic heterocycles. The number of aliphatic hydroxyl groups is 2. The van der Waals surface area contributed by atoms with Crippen LogP contribution in [0.15, 0.2) is 60.7 Å². The maximum absolute atomic E-state index is 11.9. The fraction of sp³-hybridized carbons (Fsp3) is 0.471. The molecule has 0 fully saturated rings. The van der Waals surface area contributed by atoms with E-state index in [9.17, 15) is 10.2 Å². The third-order valence-electron chi connectivity index (χ3n) is 10.8. The monoisotopic (exact) mass is 478 g/mol. The van der Waals surface area contributed by atoms with E-state index in [0.29, 0.717) is 0 Å². The molecule has 36 heavy (non-hydrogen) atoms. The van der Waals surface area contributed by atoms with Gasteiger partial charge in [0.25, 0.3) is 0 Å². The van der Waals surface area contributed by atoms with Crippen LogP contribution >= 0.6 is 0 Å². The molecule has 7 rings (SSSR count). The van der Waals surface area contributed by atoms with E-state index in [1.54, 1.807) is 0 Å². The molecule has 6 atom stereocenters. The molecule has 2 N–H and O–H groups in total. The quantitative estimate of drug-likeness (QED) is 0.451. The van der Waals surface area contributed by atoms with Gasteiger partial charge in [0.1, 0.15) is 0 Å². The maximum atomic E-state index is 11.9. The SMILES string of the molecule is CC1(O)[C@@H]2Cc3ccccc3C[C@H]1Cc1cc3c(cc1C2)C[C@@H]1Cc2ccccc2C[C@H](C3)C1(C)O. The molecule has 0 radical (unpaired) electrons. The smallest absolute Gasteiger partial charge is 0.0688 e. The summed E-state index contributed by atoms with van der Waals surface area (Å²) in [5, 5.41) is 23.7. The normalized spacial score (nSPS) is 34.6. The number of benzene rings is 3. The van der Waals surface area contributed by atoms with Gasteiger partial charge in [0, 0.05) is 0 Å². The van der Waals surface area contributed by atoms with Crippen molar-refractivity contribution in [3.05, 3.63) is 105 Å². The Balaban J connectivity index is 1.29. The van der Waals surface area contributed by atoms with E-state index >= 15 is 0 Å². The van der Waals surface area contributed by atoms with Crippen LogP contribution in [0.3, 0.4) is 0 Å². The van der Waals surface area contributed by atoms with Crippen molar-refractivity contribution in [3.63, 3.8) is 0 Å². The maximum Gasteiger partial charge on any atom is 0.0688 e. The molecule has 0 amide bonds. The van der Waals surface area contributed by atoms with E-state index < -0.39 is 11.2 Å². The molecule has 0 heterocycles. The highest BCUT2D eigenvalue weighted by atomic mass is 16.3. The zero-order valence-corrected chi connectivity index (χ0v) is 21.6. The highest BCUT2D eigenvalue weighted by Gasteiger charge is 2.47. The molecule has 3 aromatic carbocycles. The van der Waals surface area contributed by atoms with Crippen molar-refractivity contribution < 1.29 is 10.2 Å². The van der Waals surface area contributed by atoms with E-state index in [0.717, 1.165) is 51.4 Å². The van der Waals surface area contributed by atoms with E-state index in [-0.39, 0.29) is 23.7 Å². The summed E-state index contributed by atoms with van der Waals surface area (Å²) in [6.07, 6.45) is 7.56. The first kappa shape index (κ1) is 22.8. The Hall–Kier alpha value is -2.42. The number of hydrogen-bond donors (Lipinski definition) is 2. The fourth-order valence-electron chi connectivity index (χ4n) is 8.20. The van der Waals surface area contributed by atoms with Crippen LogP contribution in [0.1, 0.15) is 58.4 Å². The Morgan fingerprint density at radius 2 is 0.667 bits per heavy atom. The highest BCUT2D eigenvalue weighted by molar-refractivity contribution is 5.44. The molecule has 4 aliphatic rings. The molecule has 2 nitrogen and oxygen atoms in total. The molecule has 3 aromatic rings. The van der Waals surface area contributed by atoms with Gasteiger partial charge in [0.2, 0.25) is 0 Å². The van der Waals surface area contributed by atoms with Crippen molar-refractivity contribution in [3.8, 4) is 0 Å². The van der Waals surface area contributed by atoms with Gasteiger partial charge in [-0.3, -0.25) is 0 Å². The molecule has 0 spiro atoms. The van der Waals surface area contributed by atoms with Crippen LogP contribution in [0.25, 0.3) is 0 Å². The summed E-state index contributed by atoms with van der Waals surface area (Å²) in [5.41, 5.74) is 10.1. The van der Waals surface area contributed by atoms with Gasteiger partial charge in [-0.05, 0) is 133 Å². The minimum absolute atomic E-state index is 0.230. The van der Waals surface area contributed by atoms with Crippen molar-refractivity contribution in [1.82, 2.24) is 0 Å². The molecule has 4 bridgehead atoms. The van der Waals surface area contributed by atoms with Crippen molar-refractivity contribution in [2.45, 2.75) is 76.4 Å². The Labute approximate surface area is 215 Å². The summed E-state index contributed by atoms with van der Waals surface area (Å²) < 4.78 is 0. The van der Waals surface area contributed by atoms with Crippen LogP contribution in [0.5, 0.6) is 0 Å². The third kappa shape index (κ3) is 3.52. The number of fused-ring (bicyclic) bond motifs is 8. The summed E-state index contributed by atoms with van der Waals surface area (Å²) >= 11 is 0. The minimum atomic E-state index is -0.672. The van der Waals surface area contributed by atoms with Gasteiger partial charge in [-0.2, -0.15) is 0 Å². The summed E-state index contributed by atoms with van der Waals surface area (Å²) in [7, 11) is 0. The van der Waals surface area contributed by atoms with Crippen LogP contribution in [-0.4, -0.2) is 21.4 Å². The lowest BCUT2D eigenvalue weighted by Gasteiger charge is -2.36. The lowest BCUT2D eigenvalue weighted by Crippen LogP contribution is -2.43. The second-order valence-electron chi connectivity index (χ2n) is 12.8. The molecule has 2 unspecified atom stereocenters. The molecule has 2 heteroatoms. The van der Waals surface area contributed by atoms with Gasteiger partial charge < -0.3 is 10.2 Å². The second-order valence-corrected chi connectivity index (χ2v) is 12.8. The average Bonchev–Trinajstić information content (AvgIpc) is 3.12. The molecular weight excluding hydrogens is 440 g/mol. The van der Waals surface area contributed by atoms with E-state index in [1.165, 1.54) is 44.5 Å². The molecular formula is C34H38O2. The molecule has 0 aromatic heterocycles. The Kier molecular flexibility index (Phi) is 5.08. The zero-order chi connectivity index (χ0) is 24.7. The predicted octanol–water partition coefficient (Wildman–Crippen LogP) is 5.45. The molecule has 186 valence electrons. The van der Waals surface area contributed by atoms with Gasteiger partial charge in [-0.1, -0.05) is 60.7 Å². The molecule has 0 saturated carbocycles. The van der Waals surface area contributed by atoms with Crippen molar-refractivity contribution >= 4 is 0 Å². The van der Waals surface area contributed by atoms with E-state index in [4.69, 9.17) is 0 Å². The van der Waals surface area contributed by atoms with Gasteiger partial charge in [-0.15, -0.1) is 0 Å². The topological polar surface area (TPSA) is 40.5 Å². The first-order chi connectivity index (χ1) is 17.3. The first-order valence-corrected chi connectivity index (χ1v) is 14.0. The van der Waals surface area contributed by atoms with Crippen LogP contribution in [0, 0.1) is 23.7 Å². The summed E-state index contributed by atoms with van der Waals surface area (Å²) in [5.74, 6) is 0.921. The van der Waals surface area contributed by atoms with Crippen molar-refractivity contribution in [1.29, 1.82) is 0 Å². The Morgan fingerprint density at radius 3 is 0.917 bits per heavy atom. The largest absolute Gasteiger partial charge is 0.390 e. The Morgan fingerprint density at radius 1 is 0.444 bits per heavy atom. The number of hydrogen-bond acceptors (Lipinski definition) is 2. The van der Waals surface area contributed by atoms with Gasteiger partial charge in [-0.25, -0.2) is 0 Å². The first-order valence-electron chi connectivity index (χ1n) is 14.0. The zero-order valence-electron chi connectivity index (χ0n) is 21.6. The van der Waals surface area contributed by atoms with Gasteiger partial charge >= 0.3 is 0 Å². The average molecular weight is 479 g/mol.